The summed E-state index contributed by atoms with van der Waals surface area (Å²) in [5.74, 6) is 2.12. The van der Waals surface area contributed by atoms with Crippen LogP contribution in [0.3, 0.4) is 0 Å². The Morgan fingerprint density at radius 1 is 1.03 bits per heavy atom. The standard InChI is InChI=1S/C25H23ClN4O4/c1-32-18-7-8-21(33-2)19(12-18)20-14-27-24(29-20)16-6-4-5-15(9-16)13-28-25(31)17-10-22(26)30-23(11-17)34-3/h4-12,14H,13H2,1-3H3,(H,27,29)(H,28,31). The van der Waals surface area contributed by atoms with Crippen LogP contribution in [0, 0.1) is 0 Å². The molecule has 34 heavy (non-hydrogen) atoms. The van der Waals surface area contributed by atoms with Crippen LogP contribution in [0.15, 0.2) is 60.8 Å². The molecule has 2 N–H and O–H groups in total. The summed E-state index contributed by atoms with van der Waals surface area (Å²) in [6, 6.07) is 16.4. The Hall–Kier alpha value is -4.04. The van der Waals surface area contributed by atoms with Crippen molar-refractivity contribution in [2.24, 2.45) is 0 Å². The first-order chi connectivity index (χ1) is 16.5. The van der Waals surface area contributed by atoms with Crippen LogP contribution in [0.5, 0.6) is 17.4 Å². The van der Waals surface area contributed by atoms with Gasteiger partial charge in [0.05, 0.1) is 33.2 Å². The molecule has 2 aromatic heterocycles. The van der Waals surface area contributed by atoms with E-state index < -0.39 is 0 Å². The third-order valence-corrected chi connectivity index (χ3v) is 5.36. The molecule has 0 aliphatic carbocycles. The lowest BCUT2D eigenvalue weighted by Crippen LogP contribution is -2.23. The molecule has 2 heterocycles. The zero-order valence-corrected chi connectivity index (χ0v) is 19.6. The second kappa shape index (κ2) is 10.3. The fourth-order valence-corrected chi connectivity index (χ4v) is 3.65. The highest BCUT2D eigenvalue weighted by Crippen LogP contribution is 2.33. The number of methoxy groups -OCH3 is 3. The van der Waals surface area contributed by atoms with Gasteiger partial charge in [-0.25, -0.2) is 9.97 Å². The number of rotatable bonds is 8. The van der Waals surface area contributed by atoms with Crippen molar-refractivity contribution in [1.29, 1.82) is 0 Å². The monoisotopic (exact) mass is 478 g/mol. The van der Waals surface area contributed by atoms with Gasteiger partial charge in [-0.05, 0) is 35.9 Å². The Morgan fingerprint density at radius 3 is 2.65 bits per heavy atom. The van der Waals surface area contributed by atoms with Crippen LogP contribution >= 0.6 is 11.6 Å². The van der Waals surface area contributed by atoms with Gasteiger partial charge in [0.15, 0.2) is 0 Å². The zero-order chi connectivity index (χ0) is 24.1. The van der Waals surface area contributed by atoms with Crippen molar-refractivity contribution in [3.63, 3.8) is 0 Å². The van der Waals surface area contributed by atoms with Gasteiger partial charge in [0.2, 0.25) is 5.88 Å². The van der Waals surface area contributed by atoms with Crippen LogP contribution in [0.2, 0.25) is 5.15 Å². The highest BCUT2D eigenvalue weighted by molar-refractivity contribution is 6.29. The first kappa shape index (κ1) is 23.1. The average Bonchev–Trinajstić information content (AvgIpc) is 3.37. The Morgan fingerprint density at radius 2 is 1.88 bits per heavy atom. The lowest BCUT2D eigenvalue weighted by Gasteiger charge is -2.09. The van der Waals surface area contributed by atoms with Crippen LogP contribution in [-0.2, 0) is 6.54 Å². The number of ether oxygens (including phenoxy) is 3. The molecule has 0 atom stereocenters. The molecule has 0 unspecified atom stereocenters. The first-order valence-corrected chi connectivity index (χ1v) is 10.7. The summed E-state index contributed by atoms with van der Waals surface area (Å²) in [6.07, 6.45) is 1.75. The number of benzene rings is 2. The normalized spacial score (nSPS) is 10.6. The quantitative estimate of drug-likeness (QED) is 0.355. The van der Waals surface area contributed by atoms with E-state index in [1.54, 1.807) is 20.4 Å². The Kier molecular flexibility index (Phi) is 6.98. The van der Waals surface area contributed by atoms with Crippen molar-refractivity contribution >= 4 is 17.5 Å². The number of H-pyrrole nitrogens is 1. The largest absolute Gasteiger partial charge is 0.497 e. The van der Waals surface area contributed by atoms with E-state index in [4.69, 9.17) is 25.8 Å². The molecule has 2 aromatic carbocycles. The molecule has 0 aliphatic heterocycles. The van der Waals surface area contributed by atoms with Gasteiger partial charge in [-0.15, -0.1) is 0 Å². The molecular formula is C25H23ClN4O4. The van der Waals surface area contributed by atoms with E-state index in [1.165, 1.54) is 19.2 Å². The molecule has 4 aromatic rings. The van der Waals surface area contributed by atoms with Crippen molar-refractivity contribution in [2.75, 3.05) is 21.3 Å². The summed E-state index contributed by atoms with van der Waals surface area (Å²) < 4.78 is 15.9. The summed E-state index contributed by atoms with van der Waals surface area (Å²) in [6.45, 7) is 0.326. The smallest absolute Gasteiger partial charge is 0.251 e. The molecular weight excluding hydrogens is 456 g/mol. The number of imidazole rings is 1. The van der Waals surface area contributed by atoms with Crippen molar-refractivity contribution in [2.45, 2.75) is 6.54 Å². The number of nitrogens with one attached hydrogen (secondary N) is 2. The zero-order valence-electron chi connectivity index (χ0n) is 18.9. The minimum atomic E-state index is -0.279. The average molecular weight is 479 g/mol. The van der Waals surface area contributed by atoms with E-state index in [-0.39, 0.29) is 16.9 Å². The molecule has 4 rings (SSSR count). The van der Waals surface area contributed by atoms with Crippen molar-refractivity contribution in [3.05, 3.63) is 77.1 Å². The molecule has 8 nitrogen and oxygen atoms in total. The van der Waals surface area contributed by atoms with Crippen molar-refractivity contribution < 1.29 is 19.0 Å². The molecule has 174 valence electrons. The van der Waals surface area contributed by atoms with Crippen LogP contribution in [0.25, 0.3) is 22.6 Å². The number of hydrogen-bond donors (Lipinski definition) is 2. The second-order valence-corrected chi connectivity index (χ2v) is 7.70. The maximum atomic E-state index is 12.6. The van der Waals surface area contributed by atoms with E-state index in [2.05, 4.69) is 20.3 Å². The van der Waals surface area contributed by atoms with E-state index >= 15 is 0 Å². The lowest BCUT2D eigenvalue weighted by atomic mass is 10.1. The van der Waals surface area contributed by atoms with Gasteiger partial charge >= 0.3 is 0 Å². The van der Waals surface area contributed by atoms with Crippen LogP contribution in [0.4, 0.5) is 0 Å². The summed E-state index contributed by atoms with van der Waals surface area (Å²) in [4.78, 5) is 24.4. The number of aromatic amines is 1. The topological polar surface area (TPSA) is 98.4 Å². The van der Waals surface area contributed by atoms with Crippen LogP contribution in [-0.4, -0.2) is 42.2 Å². The Balaban J connectivity index is 1.51. The highest BCUT2D eigenvalue weighted by atomic mass is 35.5. The van der Waals surface area contributed by atoms with E-state index in [0.29, 0.717) is 23.7 Å². The third-order valence-electron chi connectivity index (χ3n) is 5.17. The van der Waals surface area contributed by atoms with E-state index in [0.717, 1.165) is 28.1 Å². The maximum absolute atomic E-state index is 12.6. The van der Waals surface area contributed by atoms with Gasteiger partial charge in [0.25, 0.3) is 5.91 Å². The van der Waals surface area contributed by atoms with E-state index in [9.17, 15) is 4.79 Å². The van der Waals surface area contributed by atoms with Gasteiger partial charge in [0, 0.05) is 29.3 Å². The van der Waals surface area contributed by atoms with Gasteiger partial charge < -0.3 is 24.5 Å². The van der Waals surface area contributed by atoms with Crippen LogP contribution < -0.4 is 19.5 Å². The molecule has 0 bridgehead atoms. The minimum absolute atomic E-state index is 0.188. The van der Waals surface area contributed by atoms with Crippen LogP contribution in [0.1, 0.15) is 15.9 Å². The fraction of sp³-hybridized carbons (Fsp3) is 0.160. The molecule has 0 spiro atoms. The number of halogens is 1. The fourth-order valence-electron chi connectivity index (χ4n) is 3.45. The summed E-state index contributed by atoms with van der Waals surface area (Å²) >= 11 is 5.96. The number of hydrogen-bond acceptors (Lipinski definition) is 6. The number of pyridine rings is 1. The summed E-state index contributed by atoms with van der Waals surface area (Å²) in [5.41, 5.74) is 3.81. The second-order valence-electron chi connectivity index (χ2n) is 7.32. The summed E-state index contributed by atoms with van der Waals surface area (Å²) in [7, 11) is 4.71. The first-order valence-electron chi connectivity index (χ1n) is 10.4. The van der Waals surface area contributed by atoms with Gasteiger partial charge in [-0.1, -0.05) is 29.8 Å². The maximum Gasteiger partial charge on any atom is 0.251 e. The van der Waals surface area contributed by atoms with Crippen molar-refractivity contribution in [3.8, 4) is 40.0 Å². The predicted octanol–water partition coefficient (Wildman–Crippen LogP) is 4.75. The highest BCUT2D eigenvalue weighted by Gasteiger charge is 2.13. The molecule has 1 amide bonds. The summed E-state index contributed by atoms with van der Waals surface area (Å²) in [5, 5.41) is 3.08. The molecule has 0 saturated carbocycles. The molecule has 0 saturated heterocycles. The number of nitrogens with zero attached hydrogens (tertiary/aromatic N) is 2. The number of carbonyl (C=O) groups excluding carboxylic acids is 1. The van der Waals surface area contributed by atoms with E-state index in [1.807, 2.05) is 42.5 Å². The van der Waals surface area contributed by atoms with Gasteiger partial charge in [0.1, 0.15) is 22.5 Å². The Labute approximate surface area is 201 Å². The number of carbonyl (C=O) groups is 1. The number of aromatic nitrogens is 3. The van der Waals surface area contributed by atoms with Gasteiger partial charge in [-0.2, -0.15) is 0 Å². The molecule has 9 heteroatoms. The molecule has 0 aliphatic rings. The molecule has 0 radical (unpaired) electrons. The number of amides is 1. The van der Waals surface area contributed by atoms with Crippen molar-refractivity contribution in [1.82, 2.24) is 20.3 Å². The SMILES string of the molecule is COc1ccc(OC)c(-c2cnc(-c3cccc(CNC(=O)c4cc(Cl)nc(OC)c4)c3)[nH]2)c1. The lowest BCUT2D eigenvalue weighted by molar-refractivity contribution is 0.0950. The predicted molar refractivity (Wildman–Crippen MR) is 130 cm³/mol. The van der Waals surface area contributed by atoms with Gasteiger partial charge in [-0.3, -0.25) is 4.79 Å². The molecule has 0 fully saturated rings. The Bertz CT molecular complexity index is 1320. The third kappa shape index (κ3) is 5.13. The minimum Gasteiger partial charge on any atom is -0.497 e.